The lowest BCUT2D eigenvalue weighted by atomic mass is 9.81. The second kappa shape index (κ2) is 8.27. The van der Waals surface area contributed by atoms with E-state index in [1.54, 1.807) is 18.3 Å². The molecule has 1 heterocycles. The minimum absolute atomic E-state index is 0.0546. The van der Waals surface area contributed by atoms with Gasteiger partial charge in [-0.1, -0.05) is 26.8 Å². The van der Waals surface area contributed by atoms with E-state index in [9.17, 15) is 9.59 Å². The molecule has 0 saturated heterocycles. The van der Waals surface area contributed by atoms with Crippen LogP contribution in [-0.2, 0) is 4.74 Å². The Morgan fingerprint density at radius 2 is 1.88 bits per heavy atom. The number of hydrogen-bond acceptors (Lipinski definition) is 4. The number of aromatic nitrogens is 1. The Balaban J connectivity index is 2.45. The van der Waals surface area contributed by atoms with E-state index < -0.39 is 11.7 Å². The van der Waals surface area contributed by atoms with E-state index in [1.165, 1.54) is 0 Å². The zero-order valence-electron chi connectivity index (χ0n) is 15.7. The van der Waals surface area contributed by atoms with Crippen LogP contribution in [0.4, 0.5) is 4.79 Å². The summed E-state index contributed by atoms with van der Waals surface area (Å²) < 4.78 is 5.25. The summed E-state index contributed by atoms with van der Waals surface area (Å²) in [7, 11) is 0. The molecule has 5 nitrogen and oxygen atoms in total. The van der Waals surface area contributed by atoms with Crippen molar-refractivity contribution in [3.63, 3.8) is 0 Å². The minimum atomic E-state index is -0.503. The Kier molecular flexibility index (Phi) is 6.93. The molecule has 0 radical (unpaired) electrons. The van der Waals surface area contributed by atoms with E-state index in [1.807, 2.05) is 26.8 Å². The highest BCUT2D eigenvalue weighted by Gasteiger charge is 2.25. The van der Waals surface area contributed by atoms with Crippen LogP contribution in [-0.4, -0.2) is 29.0 Å². The van der Waals surface area contributed by atoms with Gasteiger partial charge in [-0.3, -0.25) is 9.78 Å². The molecule has 0 saturated carbocycles. The van der Waals surface area contributed by atoms with Crippen molar-refractivity contribution in [1.82, 2.24) is 10.3 Å². The first kappa shape index (κ1) is 20.1. The average molecular weight is 334 g/mol. The van der Waals surface area contributed by atoms with Crippen molar-refractivity contribution < 1.29 is 14.3 Å². The molecular weight excluding hydrogens is 304 g/mol. The number of carbonyl (C=O) groups excluding carboxylic acids is 2. The Bertz CT molecular complexity index is 547. The number of ether oxygens (including phenoxy) is 1. The first-order valence-corrected chi connectivity index (χ1v) is 8.40. The standard InChI is InChI=1S/C19H30N2O3/c1-14(11-16(22)15-9-7-8-10-20-15)12-19(5,6)13-21-17(23)24-18(2,3)4/h7-10,14H,11-13H2,1-6H3,(H,21,23). The van der Waals surface area contributed by atoms with Gasteiger partial charge in [0.2, 0.25) is 0 Å². The van der Waals surface area contributed by atoms with E-state index in [2.05, 4.69) is 31.1 Å². The summed E-state index contributed by atoms with van der Waals surface area (Å²) in [6.45, 7) is 12.2. The number of alkyl carbamates (subject to hydrolysis) is 1. The lowest BCUT2D eigenvalue weighted by Gasteiger charge is -2.29. The monoisotopic (exact) mass is 334 g/mol. The van der Waals surface area contributed by atoms with Crippen molar-refractivity contribution in [3.8, 4) is 0 Å². The average Bonchev–Trinajstić information content (AvgIpc) is 2.44. The van der Waals surface area contributed by atoms with Gasteiger partial charge in [-0.15, -0.1) is 0 Å². The van der Waals surface area contributed by atoms with Crippen LogP contribution in [0, 0.1) is 11.3 Å². The van der Waals surface area contributed by atoms with Crippen LogP contribution >= 0.6 is 0 Å². The maximum atomic E-state index is 12.2. The third kappa shape index (κ3) is 8.09. The number of amides is 1. The zero-order chi connectivity index (χ0) is 18.4. The number of ketones is 1. The minimum Gasteiger partial charge on any atom is -0.444 e. The van der Waals surface area contributed by atoms with E-state index in [4.69, 9.17) is 4.74 Å². The molecule has 0 fully saturated rings. The Hall–Kier alpha value is -1.91. The van der Waals surface area contributed by atoms with Crippen LogP contribution in [0.3, 0.4) is 0 Å². The summed E-state index contributed by atoms with van der Waals surface area (Å²) in [5.41, 5.74) is -0.119. The van der Waals surface area contributed by atoms with Gasteiger partial charge >= 0.3 is 6.09 Å². The van der Waals surface area contributed by atoms with Gasteiger partial charge in [0.25, 0.3) is 0 Å². The van der Waals surface area contributed by atoms with Crippen molar-refractivity contribution in [1.29, 1.82) is 0 Å². The first-order valence-electron chi connectivity index (χ1n) is 8.40. The van der Waals surface area contributed by atoms with Crippen LogP contribution in [0.1, 0.15) is 64.9 Å². The largest absolute Gasteiger partial charge is 0.444 e. The number of pyridine rings is 1. The predicted molar refractivity (Wildman–Crippen MR) is 95.0 cm³/mol. The van der Waals surface area contributed by atoms with Crippen LogP contribution in [0.2, 0.25) is 0 Å². The van der Waals surface area contributed by atoms with E-state index in [-0.39, 0.29) is 17.1 Å². The number of Topliss-reactive ketones (excluding diaryl/α,β-unsaturated/α-hetero) is 1. The molecule has 1 amide bonds. The van der Waals surface area contributed by atoms with Crippen molar-refractivity contribution in [3.05, 3.63) is 30.1 Å². The molecule has 1 aromatic heterocycles. The zero-order valence-corrected chi connectivity index (χ0v) is 15.7. The summed E-state index contributed by atoms with van der Waals surface area (Å²) in [5, 5.41) is 2.81. The SMILES string of the molecule is CC(CC(=O)c1ccccn1)CC(C)(C)CNC(=O)OC(C)(C)C. The third-order valence-electron chi connectivity index (χ3n) is 3.50. The second-order valence-electron chi connectivity index (χ2n) is 8.17. The first-order chi connectivity index (χ1) is 11.0. The smallest absolute Gasteiger partial charge is 0.407 e. The number of carbonyl (C=O) groups is 2. The molecule has 134 valence electrons. The molecule has 24 heavy (non-hydrogen) atoms. The van der Waals surface area contributed by atoms with Crippen molar-refractivity contribution in [2.24, 2.45) is 11.3 Å². The molecule has 0 aliphatic heterocycles. The Labute approximate surface area is 145 Å². The van der Waals surface area contributed by atoms with Gasteiger partial charge in [0, 0.05) is 19.2 Å². The van der Waals surface area contributed by atoms with Gasteiger partial charge < -0.3 is 10.1 Å². The quantitative estimate of drug-likeness (QED) is 0.758. The van der Waals surface area contributed by atoms with Gasteiger partial charge in [-0.2, -0.15) is 0 Å². The maximum absolute atomic E-state index is 12.2. The molecule has 0 aromatic carbocycles. The second-order valence-corrected chi connectivity index (χ2v) is 8.17. The topological polar surface area (TPSA) is 68.3 Å². The molecule has 5 heteroatoms. The molecule has 0 bridgehead atoms. The van der Waals surface area contributed by atoms with Gasteiger partial charge in [-0.05, 0) is 50.7 Å². The molecule has 1 N–H and O–H groups in total. The maximum Gasteiger partial charge on any atom is 0.407 e. The summed E-state index contributed by atoms with van der Waals surface area (Å²) in [6, 6.07) is 5.36. The van der Waals surface area contributed by atoms with E-state index >= 15 is 0 Å². The van der Waals surface area contributed by atoms with Gasteiger partial charge in [0.05, 0.1) is 0 Å². The van der Waals surface area contributed by atoms with Gasteiger partial charge in [0.1, 0.15) is 11.3 Å². The Morgan fingerprint density at radius 3 is 2.42 bits per heavy atom. The molecule has 0 aliphatic rings. The van der Waals surface area contributed by atoms with Crippen LogP contribution in [0.15, 0.2) is 24.4 Å². The molecule has 0 spiro atoms. The fourth-order valence-corrected chi connectivity index (χ4v) is 2.66. The molecular formula is C19H30N2O3. The van der Waals surface area contributed by atoms with Gasteiger partial charge in [0.15, 0.2) is 5.78 Å². The number of rotatable bonds is 7. The lowest BCUT2D eigenvalue weighted by molar-refractivity contribution is 0.0499. The normalized spacial score (nSPS) is 13.2. The third-order valence-corrected chi connectivity index (χ3v) is 3.50. The highest BCUT2D eigenvalue weighted by Crippen LogP contribution is 2.27. The number of hydrogen-bond donors (Lipinski definition) is 1. The van der Waals surface area contributed by atoms with E-state index in [0.717, 1.165) is 6.42 Å². The summed E-state index contributed by atoms with van der Waals surface area (Å²) in [5.74, 6) is 0.258. The molecule has 1 unspecified atom stereocenters. The van der Waals surface area contributed by atoms with Crippen LogP contribution < -0.4 is 5.32 Å². The van der Waals surface area contributed by atoms with Crippen LogP contribution in [0.25, 0.3) is 0 Å². The number of nitrogens with one attached hydrogen (secondary N) is 1. The molecule has 1 atom stereocenters. The molecule has 0 aliphatic carbocycles. The molecule has 1 rings (SSSR count). The van der Waals surface area contributed by atoms with Crippen molar-refractivity contribution in [2.45, 2.75) is 60.0 Å². The summed E-state index contributed by atoms with van der Waals surface area (Å²) in [6.07, 6.45) is 2.49. The van der Waals surface area contributed by atoms with Crippen LogP contribution in [0.5, 0.6) is 0 Å². The van der Waals surface area contributed by atoms with Gasteiger partial charge in [-0.25, -0.2) is 4.79 Å². The summed E-state index contributed by atoms with van der Waals surface area (Å²) in [4.78, 5) is 28.1. The highest BCUT2D eigenvalue weighted by molar-refractivity contribution is 5.94. The molecule has 1 aromatic rings. The van der Waals surface area contributed by atoms with Crippen molar-refractivity contribution >= 4 is 11.9 Å². The highest BCUT2D eigenvalue weighted by atomic mass is 16.6. The summed E-state index contributed by atoms with van der Waals surface area (Å²) >= 11 is 0. The van der Waals surface area contributed by atoms with Crippen molar-refractivity contribution in [2.75, 3.05) is 6.54 Å². The fraction of sp³-hybridized carbons (Fsp3) is 0.632. The lowest BCUT2D eigenvalue weighted by Crippen LogP contribution is -2.38. The fourth-order valence-electron chi connectivity index (χ4n) is 2.66. The number of nitrogens with zero attached hydrogens (tertiary/aromatic N) is 1. The van der Waals surface area contributed by atoms with E-state index in [0.29, 0.717) is 18.7 Å². The Morgan fingerprint density at radius 1 is 1.21 bits per heavy atom. The predicted octanol–water partition coefficient (Wildman–Crippen LogP) is 4.23.